The first-order chi connectivity index (χ1) is 10.5. The van der Waals surface area contributed by atoms with Gasteiger partial charge in [0.1, 0.15) is 12.4 Å². The fraction of sp³-hybridized carbons (Fsp3) is 0.462. The quantitative estimate of drug-likeness (QED) is 0.845. The Balaban J connectivity index is 1.62. The Morgan fingerprint density at radius 2 is 2.23 bits per heavy atom. The number of carbonyl (C=O) groups is 2. The molecule has 9 nitrogen and oxygen atoms in total. The Bertz CT molecular complexity index is 714. The topological polar surface area (TPSA) is 121 Å². The molecule has 1 fully saturated rings. The molecule has 2 aromatic heterocycles. The molecule has 1 aliphatic rings. The van der Waals surface area contributed by atoms with E-state index in [1.807, 2.05) is 0 Å². The number of rotatable bonds is 4. The highest BCUT2D eigenvalue weighted by Gasteiger charge is 2.25. The number of hydrogen-bond donors (Lipinski definition) is 2. The standard InChI is InChI=1S/C13H17N7O2/c1-8-5-10(14)20(17-8)12(21)7-19-6-11(16-18-19)15-13(22)9-3-2-4-9/h5-6,9H,2-4,7,14H2,1H3,(H,15,22). The summed E-state index contributed by atoms with van der Waals surface area (Å²) in [6.45, 7) is 1.70. The van der Waals surface area contributed by atoms with E-state index in [4.69, 9.17) is 5.73 Å². The molecular formula is C13H17N7O2. The number of anilines is 2. The lowest BCUT2D eigenvalue weighted by Crippen LogP contribution is -2.28. The monoisotopic (exact) mass is 303 g/mol. The largest absolute Gasteiger partial charge is 0.383 e. The summed E-state index contributed by atoms with van der Waals surface area (Å²) in [6, 6.07) is 1.61. The second-order valence-corrected chi connectivity index (χ2v) is 5.43. The molecule has 0 atom stereocenters. The molecule has 0 aliphatic heterocycles. The molecule has 0 saturated heterocycles. The van der Waals surface area contributed by atoms with Crippen LogP contribution in [0.1, 0.15) is 29.8 Å². The van der Waals surface area contributed by atoms with Crippen molar-refractivity contribution in [1.29, 1.82) is 0 Å². The Hall–Kier alpha value is -2.71. The van der Waals surface area contributed by atoms with Crippen molar-refractivity contribution in [2.45, 2.75) is 32.7 Å². The van der Waals surface area contributed by atoms with Crippen LogP contribution in [0.15, 0.2) is 12.3 Å². The zero-order valence-electron chi connectivity index (χ0n) is 12.2. The Labute approximate surface area is 126 Å². The fourth-order valence-electron chi connectivity index (χ4n) is 2.26. The first-order valence-corrected chi connectivity index (χ1v) is 7.09. The summed E-state index contributed by atoms with van der Waals surface area (Å²) >= 11 is 0. The van der Waals surface area contributed by atoms with Gasteiger partial charge < -0.3 is 11.1 Å². The zero-order valence-corrected chi connectivity index (χ0v) is 12.2. The van der Waals surface area contributed by atoms with Crippen molar-refractivity contribution < 1.29 is 9.59 Å². The summed E-state index contributed by atoms with van der Waals surface area (Å²) in [6.07, 6.45) is 4.43. The maximum atomic E-state index is 12.1. The lowest BCUT2D eigenvalue weighted by Gasteiger charge is -2.23. The molecule has 2 heterocycles. The van der Waals surface area contributed by atoms with E-state index >= 15 is 0 Å². The molecule has 1 saturated carbocycles. The molecule has 3 N–H and O–H groups in total. The smallest absolute Gasteiger partial charge is 0.270 e. The summed E-state index contributed by atoms with van der Waals surface area (Å²) in [5.41, 5.74) is 6.36. The highest BCUT2D eigenvalue weighted by Crippen LogP contribution is 2.27. The van der Waals surface area contributed by atoms with E-state index in [1.165, 1.54) is 10.9 Å². The molecule has 116 valence electrons. The van der Waals surface area contributed by atoms with Crippen LogP contribution in [0.2, 0.25) is 0 Å². The van der Waals surface area contributed by atoms with Crippen LogP contribution < -0.4 is 11.1 Å². The fourth-order valence-corrected chi connectivity index (χ4v) is 2.26. The van der Waals surface area contributed by atoms with Crippen LogP contribution in [0, 0.1) is 12.8 Å². The summed E-state index contributed by atoms with van der Waals surface area (Å²) < 4.78 is 2.47. The van der Waals surface area contributed by atoms with Crippen LogP contribution in [0.25, 0.3) is 0 Å². The van der Waals surface area contributed by atoms with Crippen molar-refractivity contribution >= 4 is 23.5 Å². The molecule has 3 rings (SSSR count). The van der Waals surface area contributed by atoms with E-state index < -0.39 is 0 Å². The molecule has 0 bridgehead atoms. The van der Waals surface area contributed by atoms with Gasteiger partial charge >= 0.3 is 0 Å². The molecule has 0 aromatic carbocycles. The van der Waals surface area contributed by atoms with Crippen molar-refractivity contribution in [3.63, 3.8) is 0 Å². The third kappa shape index (κ3) is 2.83. The Kier molecular flexibility index (Phi) is 3.61. The number of nitrogens with one attached hydrogen (secondary N) is 1. The predicted octanol–water partition coefficient (Wildman–Crippen LogP) is 0.444. The summed E-state index contributed by atoms with van der Waals surface area (Å²) in [7, 11) is 0. The van der Waals surface area contributed by atoms with Crippen molar-refractivity contribution in [2.75, 3.05) is 11.1 Å². The number of carbonyl (C=O) groups excluding carboxylic acids is 2. The first kappa shape index (κ1) is 14.2. The molecule has 1 aliphatic carbocycles. The van der Waals surface area contributed by atoms with Crippen LogP contribution in [0.4, 0.5) is 11.6 Å². The molecule has 1 amide bonds. The molecule has 22 heavy (non-hydrogen) atoms. The maximum absolute atomic E-state index is 12.1. The van der Waals surface area contributed by atoms with Gasteiger partial charge in [-0.25, -0.2) is 4.68 Å². The van der Waals surface area contributed by atoms with Crippen LogP contribution in [0.5, 0.6) is 0 Å². The highest BCUT2D eigenvalue weighted by atomic mass is 16.2. The van der Waals surface area contributed by atoms with E-state index in [2.05, 4.69) is 20.7 Å². The molecule has 2 aromatic rings. The van der Waals surface area contributed by atoms with Crippen LogP contribution in [-0.2, 0) is 11.3 Å². The van der Waals surface area contributed by atoms with Gasteiger partial charge in [0.2, 0.25) is 5.91 Å². The van der Waals surface area contributed by atoms with Gasteiger partial charge in [0, 0.05) is 12.0 Å². The van der Waals surface area contributed by atoms with Crippen molar-refractivity contribution in [3.05, 3.63) is 18.0 Å². The second-order valence-electron chi connectivity index (χ2n) is 5.43. The molecule has 0 unspecified atom stereocenters. The Morgan fingerprint density at radius 1 is 1.45 bits per heavy atom. The number of nitrogens with zero attached hydrogens (tertiary/aromatic N) is 5. The third-order valence-corrected chi connectivity index (χ3v) is 3.66. The average Bonchev–Trinajstić information content (AvgIpc) is 2.93. The minimum absolute atomic E-state index is 0.0448. The van der Waals surface area contributed by atoms with Gasteiger partial charge in [-0.15, -0.1) is 5.10 Å². The van der Waals surface area contributed by atoms with Gasteiger partial charge in [0.25, 0.3) is 5.91 Å². The molecule has 0 radical (unpaired) electrons. The van der Waals surface area contributed by atoms with Crippen molar-refractivity contribution in [3.8, 4) is 0 Å². The number of hydrogen-bond acceptors (Lipinski definition) is 6. The van der Waals surface area contributed by atoms with Crippen LogP contribution in [0.3, 0.4) is 0 Å². The van der Waals surface area contributed by atoms with E-state index in [9.17, 15) is 9.59 Å². The Morgan fingerprint density at radius 3 is 2.82 bits per heavy atom. The number of nitrogens with two attached hydrogens (primary N) is 1. The van der Waals surface area contributed by atoms with Gasteiger partial charge in [0.05, 0.1) is 11.9 Å². The van der Waals surface area contributed by atoms with Crippen LogP contribution >= 0.6 is 0 Å². The first-order valence-electron chi connectivity index (χ1n) is 7.09. The van der Waals surface area contributed by atoms with Gasteiger partial charge in [-0.05, 0) is 19.8 Å². The zero-order chi connectivity index (χ0) is 15.7. The normalized spacial score (nSPS) is 14.6. The number of aryl methyl sites for hydroxylation is 1. The van der Waals surface area contributed by atoms with Gasteiger partial charge in [-0.3, -0.25) is 9.59 Å². The van der Waals surface area contributed by atoms with E-state index in [0.717, 1.165) is 23.9 Å². The van der Waals surface area contributed by atoms with Gasteiger partial charge in [-0.1, -0.05) is 11.6 Å². The minimum atomic E-state index is -0.327. The number of amides is 1. The third-order valence-electron chi connectivity index (χ3n) is 3.66. The lowest BCUT2D eigenvalue weighted by molar-refractivity contribution is -0.122. The lowest BCUT2D eigenvalue weighted by atomic mass is 9.85. The van der Waals surface area contributed by atoms with Gasteiger partial charge in [0.15, 0.2) is 5.82 Å². The number of aromatic nitrogens is 5. The molecule has 0 spiro atoms. The van der Waals surface area contributed by atoms with Crippen LogP contribution in [-0.4, -0.2) is 36.6 Å². The maximum Gasteiger partial charge on any atom is 0.270 e. The van der Waals surface area contributed by atoms with Crippen molar-refractivity contribution in [1.82, 2.24) is 24.8 Å². The minimum Gasteiger partial charge on any atom is -0.383 e. The van der Waals surface area contributed by atoms with E-state index in [-0.39, 0.29) is 30.1 Å². The summed E-state index contributed by atoms with van der Waals surface area (Å²) in [5.74, 6) is 0.318. The SMILES string of the molecule is Cc1cc(N)n(C(=O)Cn2cc(NC(=O)C3CCC3)nn2)n1. The molecular weight excluding hydrogens is 286 g/mol. The summed E-state index contributed by atoms with van der Waals surface area (Å²) in [4.78, 5) is 23.9. The predicted molar refractivity (Wildman–Crippen MR) is 78.0 cm³/mol. The van der Waals surface area contributed by atoms with Gasteiger partial charge in [-0.2, -0.15) is 9.78 Å². The molecule has 9 heteroatoms. The second kappa shape index (κ2) is 5.58. The van der Waals surface area contributed by atoms with E-state index in [0.29, 0.717) is 11.5 Å². The summed E-state index contributed by atoms with van der Waals surface area (Å²) in [5, 5.41) is 14.4. The average molecular weight is 303 g/mol. The van der Waals surface area contributed by atoms with E-state index in [1.54, 1.807) is 13.0 Å². The highest BCUT2D eigenvalue weighted by molar-refractivity contribution is 5.92. The van der Waals surface area contributed by atoms with Crippen molar-refractivity contribution in [2.24, 2.45) is 5.92 Å². The number of nitrogen functional groups attached to an aromatic ring is 1.